The Bertz CT molecular complexity index is 425. The van der Waals surface area contributed by atoms with Gasteiger partial charge >= 0.3 is 5.97 Å². The van der Waals surface area contributed by atoms with Crippen molar-refractivity contribution in [2.75, 3.05) is 26.2 Å². The van der Waals surface area contributed by atoms with Crippen molar-refractivity contribution in [1.82, 2.24) is 9.80 Å². The number of carboxylic acid groups (broad SMARTS) is 1. The molecule has 0 saturated carbocycles. The number of carbonyl (C=O) groups is 2. The normalized spacial score (nSPS) is 25.5. The number of piperidine rings is 1. The molecule has 2 rings (SSSR count). The third-order valence-corrected chi connectivity index (χ3v) is 4.56. The first kappa shape index (κ1) is 15.0. The lowest BCUT2D eigenvalue weighted by Crippen LogP contribution is -2.41. The number of likely N-dealkylation sites (tertiary alicyclic amines) is 2. The third kappa shape index (κ3) is 3.20. The smallest absolute Gasteiger partial charge is 0.331 e. The zero-order valence-electron chi connectivity index (χ0n) is 12.4. The molecule has 0 aromatic heterocycles. The van der Waals surface area contributed by atoms with E-state index >= 15 is 0 Å². The van der Waals surface area contributed by atoms with E-state index in [9.17, 15) is 9.59 Å². The Hall–Kier alpha value is -1.36. The van der Waals surface area contributed by atoms with Gasteiger partial charge in [0, 0.05) is 30.3 Å². The summed E-state index contributed by atoms with van der Waals surface area (Å²) in [4.78, 5) is 27.5. The van der Waals surface area contributed by atoms with Crippen LogP contribution >= 0.6 is 0 Å². The summed E-state index contributed by atoms with van der Waals surface area (Å²) in [5.74, 6) is -1.13. The van der Waals surface area contributed by atoms with E-state index in [1.807, 2.05) is 0 Å². The molecule has 5 heteroatoms. The fourth-order valence-corrected chi connectivity index (χ4v) is 3.07. The van der Waals surface area contributed by atoms with Crippen molar-refractivity contribution in [2.24, 2.45) is 0 Å². The monoisotopic (exact) mass is 280 g/mol. The Balaban J connectivity index is 1.96. The van der Waals surface area contributed by atoms with E-state index in [0.29, 0.717) is 11.6 Å². The van der Waals surface area contributed by atoms with Crippen LogP contribution in [0.15, 0.2) is 11.1 Å². The van der Waals surface area contributed by atoms with Crippen molar-refractivity contribution in [1.29, 1.82) is 0 Å². The molecule has 0 bridgehead atoms. The molecule has 0 spiro atoms. The molecular formula is C15H24N2O3. The first-order chi connectivity index (χ1) is 9.50. The highest BCUT2D eigenvalue weighted by molar-refractivity contribution is 6.01. The quantitative estimate of drug-likeness (QED) is 0.796. The molecule has 0 radical (unpaired) electrons. The molecule has 5 nitrogen and oxygen atoms in total. The maximum Gasteiger partial charge on any atom is 0.331 e. The van der Waals surface area contributed by atoms with Crippen molar-refractivity contribution in [3.05, 3.63) is 11.1 Å². The number of hydrogen-bond donors (Lipinski definition) is 1. The van der Waals surface area contributed by atoms with Crippen LogP contribution in [0.4, 0.5) is 0 Å². The van der Waals surface area contributed by atoms with E-state index in [-0.39, 0.29) is 11.5 Å². The van der Waals surface area contributed by atoms with Gasteiger partial charge in [-0.2, -0.15) is 0 Å². The van der Waals surface area contributed by atoms with Gasteiger partial charge in [-0.15, -0.1) is 0 Å². The topological polar surface area (TPSA) is 60.9 Å². The average Bonchev–Trinajstić information content (AvgIpc) is 2.95. The maximum absolute atomic E-state index is 12.3. The first-order valence-corrected chi connectivity index (χ1v) is 7.45. The number of nitrogens with zero attached hydrogens (tertiary/aromatic N) is 2. The molecular weight excluding hydrogens is 256 g/mol. The van der Waals surface area contributed by atoms with Crippen LogP contribution in [0.1, 0.15) is 39.5 Å². The van der Waals surface area contributed by atoms with Crippen molar-refractivity contribution in [3.63, 3.8) is 0 Å². The van der Waals surface area contributed by atoms with E-state index in [4.69, 9.17) is 5.11 Å². The Kier molecular flexibility index (Phi) is 4.81. The molecule has 0 aromatic rings. The first-order valence-electron chi connectivity index (χ1n) is 7.45. The summed E-state index contributed by atoms with van der Waals surface area (Å²) >= 11 is 0. The van der Waals surface area contributed by atoms with Gasteiger partial charge in [-0.25, -0.2) is 4.79 Å². The molecule has 1 amide bonds. The Labute approximate surface area is 120 Å². The van der Waals surface area contributed by atoms with E-state index in [1.54, 1.807) is 11.8 Å². The number of rotatable bonds is 3. The summed E-state index contributed by atoms with van der Waals surface area (Å²) in [7, 11) is 0. The van der Waals surface area contributed by atoms with Crippen LogP contribution in [0.3, 0.4) is 0 Å². The van der Waals surface area contributed by atoms with Crippen molar-refractivity contribution in [3.8, 4) is 0 Å². The van der Waals surface area contributed by atoms with Crippen LogP contribution in [0.2, 0.25) is 0 Å². The van der Waals surface area contributed by atoms with E-state index in [1.165, 1.54) is 26.2 Å². The molecule has 2 heterocycles. The zero-order valence-corrected chi connectivity index (χ0v) is 12.4. The second kappa shape index (κ2) is 6.39. The van der Waals surface area contributed by atoms with Crippen molar-refractivity contribution < 1.29 is 14.7 Å². The van der Waals surface area contributed by atoms with Gasteiger partial charge in [0.25, 0.3) is 0 Å². The maximum atomic E-state index is 12.3. The van der Waals surface area contributed by atoms with Gasteiger partial charge in [-0.1, -0.05) is 6.42 Å². The van der Waals surface area contributed by atoms with Gasteiger partial charge in [0.2, 0.25) is 5.91 Å². The van der Waals surface area contributed by atoms with Crippen LogP contribution in [-0.2, 0) is 9.59 Å². The molecule has 2 aliphatic rings. The molecule has 2 fully saturated rings. The predicted octanol–water partition coefficient (Wildman–Crippen LogP) is 1.49. The molecule has 2 aliphatic heterocycles. The van der Waals surface area contributed by atoms with Crippen LogP contribution in [-0.4, -0.2) is 59.0 Å². The molecule has 112 valence electrons. The minimum Gasteiger partial charge on any atom is -0.478 e. The van der Waals surface area contributed by atoms with Gasteiger partial charge in [0.1, 0.15) is 0 Å². The number of amides is 1. The summed E-state index contributed by atoms with van der Waals surface area (Å²) in [6.45, 7) is 6.85. The number of aliphatic carboxylic acids is 1. The molecule has 1 atom stereocenters. The number of carboxylic acids is 1. The summed E-state index contributed by atoms with van der Waals surface area (Å²) < 4.78 is 0. The average molecular weight is 280 g/mol. The minimum atomic E-state index is -1.01. The summed E-state index contributed by atoms with van der Waals surface area (Å²) in [5.41, 5.74) is 0.508. The van der Waals surface area contributed by atoms with E-state index < -0.39 is 5.97 Å². The fourth-order valence-electron chi connectivity index (χ4n) is 3.07. The highest BCUT2D eigenvalue weighted by Gasteiger charge is 2.31. The van der Waals surface area contributed by atoms with Crippen molar-refractivity contribution >= 4 is 11.9 Å². The number of hydrogen-bond acceptors (Lipinski definition) is 3. The Morgan fingerprint density at radius 2 is 1.65 bits per heavy atom. The van der Waals surface area contributed by atoms with Gasteiger partial charge < -0.3 is 10.0 Å². The second-order valence-corrected chi connectivity index (χ2v) is 5.85. The highest BCUT2D eigenvalue weighted by atomic mass is 16.4. The zero-order chi connectivity index (χ0) is 14.7. The van der Waals surface area contributed by atoms with Crippen LogP contribution in [0.5, 0.6) is 0 Å². The largest absolute Gasteiger partial charge is 0.478 e. The standard InChI is InChI=1S/C15H24N2O3/c1-11(12(2)15(19)20)14(18)17-9-6-13(10-17)16-7-4-3-5-8-16/h13H,3-10H2,1-2H3,(H,19,20). The molecule has 20 heavy (non-hydrogen) atoms. The predicted molar refractivity (Wildman–Crippen MR) is 76.4 cm³/mol. The third-order valence-electron chi connectivity index (χ3n) is 4.56. The second-order valence-electron chi connectivity index (χ2n) is 5.85. The lowest BCUT2D eigenvalue weighted by Gasteiger charge is -2.32. The minimum absolute atomic E-state index is 0.121. The molecule has 0 aliphatic carbocycles. The number of carbonyl (C=O) groups excluding carboxylic acids is 1. The fraction of sp³-hybridized carbons (Fsp3) is 0.733. The highest BCUT2D eigenvalue weighted by Crippen LogP contribution is 2.22. The van der Waals surface area contributed by atoms with Gasteiger partial charge in [0.05, 0.1) is 0 Å². The molecule has 1 unspecified atom stereocenters. The lowest BCUT2D eigenvalue weighted by atomic mass is 10.1. The van der Waals surface area contributed by atoms with Crippen molar-refractivity contribution in [2.45, 2.75) is 45.6 Å². The van der Waals surface area contributed by atoms with E-state index in [2.05, 4.69) is 4.90 Å². The van der Waals surface area contributed by atoms with Crippen LogP contribution < -0.4 is 0 Å². The van der Waals surface area contributed by atoms with E-state index in [0.717, 1.165) is 32.6 Å². The SMILES string of the molecule is CC(C(=O)O)=C(C)C(=O)N1CCC(N2CCCCC2)C1. The van der Waals surface area contributed by atoms with Gasteiger partial charge in [-0.05, 0) is 46.2 Å². The lowest BCUT2D eigenvalue weighted by molar-refractivity contribution is -0.133. The summed E-state index contributed by atoms with van der Waals surface area (Å²) in [6, 6.07) is 0.456. The van der Waals surface area contributed by atoms with Crippen LogP contribution in [0, 0.1) is 0 Å². The Morgan fingerprint density at radius 3 is 2.25 bits per heavy atom. The van der Waals surface area contributed by atoms with Gasteiger partial charge in [0.15, 0.2) is 0 Å². The summed E-state index contributed by atoms with van der Waals surface area (Å²) in [5, 5.41) is 8.96. The van der Waals surface area contributed by atoms with Gasteiger partial charge in [-0.3, -0.25) is 9.69 Å². The molecule has 1 N–H and O–H groups in total. The Morgan fingerprint density at radius 1 is 1.00 bits per heavy atom. The summed E-state index contributed by atoms with van der Waals surface area (Å²) in [6.07, 6.45) is 4.82. The molecule has 2 saturated heterocycles. The molecule has 0 aromatic carbocycles. The van der Waals surface area contributed by atoms with Crippen LogP contribution in [0.25, 0.3) is 0 Å².